The van der Waals surface area contributed by atoms with Crippen LogP contribution < -0.4 is 0 Å². The number of rotatable bonds is 4. The van der Waals surface area contributed by atoms with Crippen molar-refractivity contribution in [3.05, 3.63) is 54.6 Å². The van der Waals surface area contributed by atoms with Gasteiger partial charge in [-0.15, -0.1) is 5.10 Å². The molecule has 1 aliphatic rings. The second-order valence-corrected chi connectivity index (χ2v) is 6.22. The molecule has 3 heterocycles. The van der Waals surface area contributed by atoms with Crippen LogP contribution in [0.25, 0.3) is 5.69 Å². The Hall–Kier alpha value is -3.03. The minimum absolute atomic E-state index is 0.159. The molecule has 0 radical (unpaired) electrons. The fourth-order valence-electron chi connectivity index (χ4n) is 3.23. The molecule has 25 heavy (non-hydrogen) atoms. The molecule has 0 bridgehead atoms. The van der Waals surface area contributed by atoms with Crippen molar-refractivity contribution in [3.63, 3.8) is 0 Å². The zero-order valence-electron chi connectivity index (χ0n) is 13.8. The van der Waals surface area contributed by atoms with E-state index in [1.165, 1.54) is 0 Å². The lowest BCUT2D eigenvalue weighted by Crippen LogP contribution is -2.41. The number of nitrogens with zero attached hydrogens (tertiary/aromatic N) is 7. The number of aromatic nitrogens is 6. The molecule has 1 aliphatic heterocycles. The van der Waals surface area contributed by atoms with Crippen molar-refractivity contribution < 1.29 is 4.79 Å². The standard InChI is InChI=1S/C17H19N7O/c25-17(22-9-1-3-16(12-22)23-10-2-8-19-23)11-14-4-6-15(7-5-14)24-13-18-20-21-24/h2,4-8,10,13,16H,1,3,9,11-12H2/t16-/m1/s1. The highest BCUT2D eigenvalue weighted by atomic mass is 16.2. The molecule has 1 atom stereocenters. The first kappa shape index (κ1) is 15.5. The smallest absolute Gasteiger partial charge is 0.227 e. The summed E-state index contributed by atoms with van der Waals surface area (Å²) >= 11 is 0. The summed E-state index contributed by atoms with van der Waals surface area (Å²) in [5, 5.41) is 15.4. The van der Waals surface area contributed by atoms with Crippen molar-refractivity contribution in [2.24, 2.45) is 0 Å². The number of amides is 1. The third-order valence-electron chi connectivity index (χ3n) is 4.55. The number of piperidine rings is 1. The number of tetrazole rings is 1. The third-order valence-corrected chi connectivity index (χ3v) is 4.55. The maximum atomic E-state index is 12.7. The molecule has 1 saturated heterocycles. The molecular weight excluding hydrogens is 318 g/mol. The van der Waals surface area contributed by atoms with E-state index >= 15 is 0 Å². The van der Waals surface area contributed by atoms with E-state index in [4.69, 9.17) is 0 Å². The van der Waals surface area contributed by atoms with Gasteiger partial charge in [0.25, 0.3) is 0 Å². The van der Waals surface area contributed by atoms with E-state index in [-0.39, 0.29) is 11.9 Å². The maximum Gasteiger partial charge on any atom is 0.227 e. The van der Waals surface area contributed by atoms with Crippen molar-refractivity contribution in [2.45, 2.75) is 25.3 Å². The third kappa shape index (κ3) is 3.42. The largest absolute Gasteiger partial charge is 0.340 e. The Kier molecular flexibility index (Phi) is 4.24. The maximum absolute atomic E-state index is 12.7. The Morgan fingerprint density at radius 2 is 2.12 bits per heavy atom. The first-order valence-corrected chi connectivity index (χ1v) is 8.39. The lowest BCUT2D eigenvalue weighted by atomic mass is 10.0. The van der Waals surface area contributed by atoms with Gasteiger partial charge in [0.15, 0.2) is 0 Å². The van der Waals surface area contributed by atoms with Crippen molar-refractivity contribution in [3.8, 4) is 5.69 Å². The van der Waals surface area contributed by atoms with Gasteiger partial charge >= 0.3 is 0 Å². The van der Waals surface area contributed by atoms with Crippen LogP contribution >= 0.6 is 0 Å². The predicted octanol–water partition coefficient (Wildman–Crippen LogP) is 1.26. The van der Waals surface area contributed by atoms with Gasteiger partial charge < -0.3 is 4.90 Å². The SMILES string of the molecule is O=C(Cc1ccc(-n2cnnn2)cc1)N1CCC[C@@H](n2cccn2)C1. The van der Waals surface area contributed by atoms with Crippen molar-refractivity contribution in [1.29, 1.82) is 0 Å². The number of benzene rings is 1. The molecule has 128 valence electrons. The number of hydrogen-bond acceptors (Lipinski definition) is 5. The number of carbonyl (C=O) groups excluding carboxylic acids is 1. The lowest BCUT2D eigenvalue weighted by molar-refractivity contribution is -0.132. The number of hydrogen-bond donors (Lipinski definition) is 0. The molecule has 8 nitrogen and oxygen atoms in total. The molecule has 1 aromatic carbocycles. The van der Waals surface area contributed by atoms with E-state index in [1.54, 1.807) is 17.2 Å². The zero-order chi connectivity index (χ0) is 17.1. The summed E-state index contributed by atoms with van der Waals surface area (Å²) in [7, 11) is 0. The molecule has 0 saturated carbocycles. The second-order valence-electron chi connectivity index (χ2n) is 6.22. The van der Waals surface area contributed by atoms with Gasteiger partial charge in [0.1, 0.15) is 6.33 Å². The Labute approximate surface area is 145 Å². The van der Waals surface area contributed by atoms with Crippen LogP contribution in [0.5, 0.6) is 0 Å². The molecule has 2 aromatic heterocycles. The zero-order valence-corrected chi connectivity index (χ0v) is 13.8. The number of carbonyl (C=O) groups is 1. The van der Waals surface area contributed by atoms with E-state index in [9.17, 15) is 4.79 Å². The van der Waals surface area contributed by atoms with E-state index in [0.29, 0.717) is 6.42 Å². The molecule has 3 aromatic rings. The second kappa shape index (κ2) is 6.84. The van der Waals surface area contributed by atoms with E-state index in [0.717, 1.165) is 37.2 Å². The van der Waals surface area contributed by atoms with Crippen LogP contribution in [-0.4, -0.2) is 53.9 Å². The Morgan fingerprint density at radius 3 is 2.84 bits per heavy atom. The summed E-state index contributed by atoms with van der Waals surface area (Å²) in [6.07, 6.45) is 7.77. The molecule has 0 unspecified atom stereocenters. The monoisotopic (exact) mass is 337 g/mol. The van der Waals surface area contributed by atoms with Gasteiger partial charge in [0.05, 0.1) is 18.2 Å². The minimum Gasteiger partial charge on any atom is -0.340 e. The van der Waals surface area contributed by atoms with E-state index in [1.807, 2.05) is 46.1 Å². The summed E-state index contributed by atoms with van der Waals surface area (Å²) in [4.78, 5) is 14.6. The first-order chi connectivity index (χ1) is 12.3. The van der Waals surface area contributed by atoms with Gasteiger partial charge in [-0.2, -0.15) is 5.10 Å². The molecule has 1 fully saturated rings. The highest BCUT2D eigenvalue weighted by Crippen LogP contribution is 2.21. The summed E-state index contributed by atoms with van der Waals surface area (Å²) in [6.45, 7) is 1.54. The summed E-state index contributed by atoms with van der Waals surface area (Å²) in [5.41, 5.74) is 1.86. The van der Waals surface area contributed by atoms with Gasteiger partial charge in [-0.25, -0.2) is 4.68 Å². The van der Waals surface area contributed by atoms with Gasteiger partial charge in [-0.05, 0) is 47.0 Å². The summed E-state index contributed by atoms with van der Waals surface area (Å²) < 4.78 is 3.55. The molecule has 4 rings (SSSR count). The van der Waals surface area contributed by atoms with Crippen LogP contribution in [0.4, 0.5) is 0 Å². The fraction of sp³-hybridized carbons (Fsp3) is 0.353. The van der Waals surface area contributed by atoms with E-state index < -0.39 is 0 Å². The fourth-order valence-corrected chi connectivity index (χ4v) is 3.23. The quantitative estimate of drug-likeness (QED) is 0.716. The van der Waals surface area contributed by atoms with Crippen LogP contribution in [0.2, 0.25) is 0 Å². The molecular formula is C17H19N7O. The van der Waals surface area contributed by atoms with Crippen LogP contribution in [-0.2, 0) is 11.2 Å². The minimum atomic E-state index is 0.159. The van der Waals surface area contributed by atoms with E-state index in [2.05, 4.69) is 20.6 Å². The normalized spacial score (nSPS) is 17.6. The average molecular weight is 337 g/mol. The van der Waals surface area contributed by atoms with Gasteiger partial charge in [-0.1, -0.05) is 12.1 Å². The van der Waals surface area contributed by atoms with Crippen LogP contribution in [0.3, 0.4) is 0 Å². The molecule has 0 aliphatic carbocycles. The van der Waals surface area contributed by atoms with Gasteiger partial charge in [0, 0.05) is 25.5 Å². The van der Waals surface area contributed by atoms with Crippen molar-refractivity contribution in [2.75, 3.05) is 13.1 Å². The Morgan fingerprint density at radius 1 is 1.24 bits per heavy atom. The summed E-state index contributed by atoms with van der Waals surface area (Å²) in [5.74, 6) is 0.159. The molecule has 8 heteroatoms. The summed E-state index contributed by atoms with van der Waals surface area (Å²) in [6, 6.07) is 9.93. The molecule has 1 amide bonds. The Balaban J connectivity index is 1.39. The van der Waals surface area contributed by atoms with Gasteiger partial charge in [-0.3, -0.25) is 9.48 Å². The first-order valence-electron chi connectivity index (χ1n) is 8.39. The number of likely N-dealkylation sites (tertiary alicyclic amines) is 1. The predicted molar refractivity (Wildman–Crippen MR) is 89.9 cm³/mol. The Bertz CT molecular complexity index is 811. The average Bonchev–Trinajstić information content (AvgIpc) is 3.36. The molecule has 0 N–H and O–H groups in total. The van der Waals surface area contributed by atoms with Crippen LogP contribution in [0.1, 0.15) is 24.4 Å². The van der Waals surface area contributed by atoms with Gasteiger partial charge in [0.2, 0.25) is 5.91 Å². The highest BCUT2D eigenvalue weighted by molar-refractivity contribution is 5.79. The van der Waals surface area contributed by atoms with Crippen molar-refractivity contribution in [1.82, 2.24) is 34.9 Å². The van der Waals surface area contributed by atoms with Crippen molar-refractivity contribution >= 4 is 5.91 Å². The highest BCUT2D eigenvalue weighted by Gasteiger charge is 2.24. The topological polar surface area (TPSA) is 81.7 Å². The lowest BCUT2D eigenvalue weighted by Gasteiger charge is -2.33. The van der Waals surface area contributed by atoms with Crippen LogP contribution in [0, 0.1) is 0 Å². The molecule has 0 spiro atoms. The van der Waals surface area contributed by atoms with Crippen LogP contribution in [0.15, 0.2) is 49.1 Å².